The van der Waals surface area contributed by atoms with Crippen LogP contribution in [0, 0.1) is 0 Å². The van der Waals surface area contributed by atoms with Crippen LogP contribution in [-0.4, -0.2) is 16.1 Å². The first kappa shape index (κ1) is 21.1. The number of carbonyl (C=O) groups is 1. The van der Waals surface area contributed by atoms with Gasteiger partial charge in [0, 0.05) is 12.6 Å². The van der Waals surface area contributed by atoms with E-state index in [0.29, 0.717) is 12.2 Å². The Morgan fingerprint density at radius 2 is 1.53 bits per heavy atom. The first-order valence-corrected chi connectivity index (χ1v) is 10.4. The van der Waals surface area contributed by atoms with Crippen molar-refractivity contribution < 1.29 is 15.0 Å². The van der Waals surface area contributed by atoms with Crippen LogP contribution in [0.15, 0.2) is 96.6 Å². The van der Waals surface area contributed by atoms with Crippen molar-refractivity contribution in [3.63, 3.8) is 0 Å². The molecule has 0 aliphatic carbocycles. The van der Waals surface area contributed by atoms with Gasteiger partial charge in [0.15, 0.2) is 0 Å². The second kappa shape index (κ2) is 9.31. The number of amides is 1. The zero-order valence-corrected chi connectivity index (χ0v) is 17.7. The summed E-state index contributed by atoms with van der Waals surface area (Å²) in [6.45, 7) is 1.83. The van der Waals surface area contributed by atoms with Crippen LogP contribution in [0.2, 0.25) is 0 Å². The highest BCUT2D eigenvalue weighted by Gasteiger charge is 2.21. The van der Waals surface area contributed by atoms with Gasteiger partial charge < -0.3 is 26.2 Å². The van der Waals surface area contributed by atoms with Crippen molar-refractivity contribution in [2.24, 2.45) is 0 Å². The van der Waals surface area contributed by atoms with Crippen LogP contribution in [-0.2, 0) is 11.2 Å². The number of aromatic hydroxyl groups is 2. The fraction of sp³-hybridized carbons (Fsp3) is 0.115. The summed E-state index contributed by atoms with van der Waals surface area (Å²) in [5, 5.41) is 28.7. The fourth-order valence-corrected chi connectivity index (χ4v) is 3.48. The quantitative estimate of drug-likeness (QED) is 0.411. The Bertz CT molecular complexity index is 1150. The lowest BCUT2D eigenvalue weighted by Gasteiger charge is -2.26. The largest absolute Gasteiger partial charge is 0.508 e. The Balaban J connectivity index is 1.57. The average Bonchev–Trinajstić information content (AvgIpc) is 2.81. The highest BCUT2D eigenvalue weighted by Crippen LogP contribution is 2.23. The van der Waals surface area contributed by atoms with Crippen LogP contribution in [0.1, 0.15) is 29.5 Å². The molecule has 0 saturated carbocycles. The lowest BCUT2D eigenvalue weighted by atomic mass is 10.00. The van der Waals surface area contributed by atoms with E-state index in [-0.39, 0.29) is 17.4 Å². The van der Waals surface area contributed by atoms with E-state index in [1.54, 1.807) is 42.6 Å². The Kier molecular flexibility index (Phi) is 6.12. The third-order valence-electron chi connectivity index (χ3n) is 5.38. The van der Waals surface area contributed by atoms with E-state index >= 15 is 0 Å². The maximum Gasteiger partial charge on any atom is 0.232 e. The Hall–Kier alpha value is -4.19. The standard InChI is InChI=1S/C26H25N3O3/c1-17(19-7-11-21(30)12-8-19)26(32)29-25-23(15-18-5-3-2-4-6-18)28-24(16-27-25)20-9-13-22(31)14-10-20/h2-14,16-17,27-28,30-31H,15H2,1H3,(H,29,32). The highest BCUT2D eigenvalue weighted by molar-refractivity contribution is 5.85. The summed E-state index contributed by atoms with van der Waals surface area (Å²) in [6.07, 6.45) is 2.38. The van der Waals surface area contributed by atoms with Crippen LogP contribution in [0.4, 0.5) is 0 Å². The molecule has 0 aromatic heterocycles. The SMILES string of the molecule is CC(C(=O)NC1=C(Cc2ccccc2)NC(c2ccc(O)cc2)=CN1)c1ccc(O)cc1. The number of phenolic OH excluding ortho intramolecular Hbond substituents is 2. The van der Waals surface area contributed by atoms with Crippen molar-refractivity contribution in [3.05, 3.63) is 113 Å². The van der Waals surface area contributed by atoms with Gasteiger partial charge in [0.2, 0.25) is 5.91 Å². The van der Waals surface area contributed by atoms with E-state index in [4.69, 9.17) is 0 Å². The van der Waals surface area contributed by atoms with Crippen LogP contribution in [0.25, 0.3) is 5.70 Å². The normalized spacial score (nSPS) is 14.1. The summed E-state index contributed by atoms with van der Waals surface area (Å²) in [4.78, 5) is 13.0. The van der Waals surface area contributed by atoms with Crippen molar-refractivity contribution >= 4 is 11.6 Å². The molecule has 1 amide bonds. The smallest absolute Gasteiger partial charge is 0.232 e. The van der Waals surface area contributed by atoms with Gasteiger partial charge in [0.05, 0.1) is 17.3 Å². The van der Waals surface area contributed by atoms with E-state index in [0.717, 1.165) is 28.1 Å². The van der Waals surface area contributed by atoms with E-state index in [1.165, 1.54) is 0 Å². The van der Waals surface area contributed by atoms with Gasteiger partial charge in [0.1, 0.15) is 17.3 Å². The number of nitrogens with one attached hydrogen (secondary N) is 3. The Morgan fingerprint density at radius 1 is 0.906 bits per heavy atom. The molecule has 1 unspecified atom stereocenters. The van der Waals surface area contributed by atoms with Gasteiger partial charge >= 0.3 is 0 Å². The summed E-state index contributed by atoms with van der Waals surface area (Å²) in [6, 6.07) is 23.6. The van der Waals surface area contributed by atoms with E-state index in [9.17, 15) is 15.0 Å². The van der Waals surface area contributed by atoms with Crippen LogP contribution in [0.5, 0.6) is 11.5 Å². The zero-order chi connectivity index (χ0) is 22.5. The first-order chi connectivity index (χ1) is 15.5. The highest BCUT2D eigenvalue weighted by atomic mass is 16.3. The molecule has 5 N–H and O–H groups in total. The fourth-order valence-electron chi connectivity index (χ4n) is 3.48. The van der Waals surface area contributed by atoms with Crippen LogP contribution >= 0.6 is 0 Å². The lowest BCUT2D eigenvalue weighted by Crippen LogP contribution is -2.38. The molecule has 3 aromatic rings. The molecule has 162 valence electrons. The van der Waals surface area contributed by atoms with Gasteiger partial charge in [0.25, 0.3) is 0 Å². The van der Waals surface area contributed by atoms with Crippen molar-refractivity contribution in [3.8, 4) is 11.5 Å². The summed E-state index contributed by atoms with van der Waals surface area (Å²) < 4.78 is 0. The molecule has 0 radical (unpaired) electrons. The summed E-state index contributed by atoms with van der Waals surface area (Å²) >= 11 is 0. The van der Waals surface area contributed by atoms with Crippen molar-refractivity contribution in [1.82, 2.24) is 16.0 Å². The molecule has 1 atom stereocenters. The predicted octanol–water partition coefficient (Wildman–Crippen LogP) is 3.92. The minimum atomic E-state index is -0.398. The van der Waals surface area contributed by atoms with Gasteiger partial charge in [-0.1, -0.05) is 42.5 Å². The van der Waals surface area contributed by atoms with Gasteiger partial charge in [-0.3, -0.25) is 4.79 Å². The summed E-state index contributed by atoms with van der Waals surface area (Å²) in [7, 11) is 0. The molecule has 1 aliphatic heterocycles. The van der Waals surface area contributed by atoms with Crippen molar-refractivity contribution in [2.75, 3.05) is 0 Å². The maximum atomic E-state index is 13.0. The van der Waals surface area contributed by atoms with Crippen molar-refractivity contribution in [1.29, 1.82) is 0 Å². The molecule has 0 fully saturated rings. The second-order valence-electron chi connectivity index (χ2n) is 7.69. The topological polar surface area (TPSA) is 93.6 Å². The zero-order valence-electron chi connectivity index (χ0n) is 17.7. The number of carbonyl (C=O) groups excluding carboxylic acids is 1. The second-order valence-corrected chi connectivity index (χ2v) is 7.69. The van der Waals surface area contributed by atoms with Crippen molar-refractivity contribution in [2.45, 2.75) is 19.3 Å². The maximum absolute atomic E-state index is 13.0. The van der Waals surface area contributed by atoms with Gasteiger partial charge in [-0.25, -0.2) is 0 Å². The van der Waals surface area contributed by atoms with Crippen LogP contribution in [0.3, 0.4) is 0 Å². The molecule has 0 spiro atoms. The number of allylic oxidation sites excluding steroid dienone is 1. The van der Waals surface area contributed by atoms with Gasteiger partial charge in [-0.05, 0) is 60.0 Å². The number of rotatable bonds is 6. The number of hydrogen-bond acceptors (Lipinski definition) is 5. The third-order valence-corrected chi connectivity index (χ3v) is 5.38. The monoisotopic (exact) mass is 427 g/mol. The van der Waals surface area contributed by atoms with Gasteiger partial charge in [-0.2, -0.15) is 0 Å². The minimum absolute atomic E-state index is 0.160. The Morgan fingerprint density at radius 3 is 2.19 bits per heavy atom. The van der Waals surface area contributed by atoms with Crippen LogP contribution < -0.4 is 16.0 Å². The number of hydrogen-bond donors (Lipinski definition) is 5. The molecule has 32 heavy (non-hydrogen) atoms. The first-order valence-electron chi connectivity index (χ1n) is 10.4. The molecule has 4 rings (SSSR count). The molecule has 6 heteroatoms. The summed E-state index contributed by atoms with van der Waals surface area (Å²) in [5.74, 6) is 0.401. The van der Waals surface area contributed by atoms with Gasteiger partial charge in [-0.15, -0.1) is 0 Å². The van der Waals surface area contributed by atoms with E-state index in [1.807, 2.05) is 49.4 Å². The lowest BCUT2D eigenvalue weighted by molar-refractivity contribution is -0.121. The molecule has 1 aliphatic rings. The van der Waals surface area contributed by atoms with E-state index < -0.39 is 5.92 Å². The van der Waals surface area contributed by atoms with E-state index in [2.05, 4.69) is 16.0 Å². The molecule has 0 saturated heterocycles. The molecule has 6 nitrogen and oxygen atoms in total. The minimum Gasteiger partial charge on any atom is -0.508 e. The molecule has 0 bridgehead atoms. The summed E-state index contributed by atoms with van der Waals surface area (Å²) in [5.41, 5.74) is 4.48. The molecular formula is C26H25N3O3. The number of benzene rings is 3. The number of phenols is 2. The average molecular weight is 428 g/mol. The molecule has 3 aromatic carbocycles. The molecule has 1 heterocycles. The predicted molar refractivity (Wildman–Crippen MR) is 124 cm³/mol. The Labute approximate surface area is 186 Å². The molecular weight excluding hydrogens is 402 g/mol. The third kappa shape index (κ3) is 4.92.